The molecule has 0 bridgehead atoms. The second-order valence-electron chi connectivity index (χ2n) is 2.67. The van der Waals surface area contributed by atoms with E-state index in [0.29, 0.717) is 5.92 Å². The van der Waals surface area contributed by atoms with Crippen molar-refractivity contribution < 1.29 is 5.11 Å². The maximum atomic E-state index is 8.99. The Kier molecular flexibility index (Phi) is 1.72. The van der Waals surface area contributed by atoms with E-state index in [-0.39, 0.29) is 6.10 Å². The third-order valence-corrected chi connectivity index (χ3v) is 1.52. The molecule has 9 heavy (non-hydrogen) atoms. The van der Waals surface area contributed by atoms with Gasteiger partial charge in [-0.05, 0) is 17.6 Å². The fraction of sp³-hybridized carbons (Fsp3) is 0.500. The van der Waals surface area contributed by atoms with Gasteiger partial charge < -0.3 is 5.11 Å². The van der Waals surface area contributed by atoms with Crippen molar-refractivity contribution in [1.29, 1.82) is 0 Å². The van der Waals surface area contributed by atoms with Gasteiger partial charge in [0, 0.05) is 0 Å². The van der Waals surface area contributed by atoms with Crippen molar-refractivity contribution in [2.45, 2.75) is 20.0 Å². The van der Waals surface area contributed by atoms with Crippen LogP contribution in [0.5, 0.6) is 0 Å². The third kappa shape index (κ3) is 1.42. The number of aliphatic hydroxyl groups is 1. The Morgan fingerprint density at radius 1 is 1.56 bits per heavy atom. The van der Waals surface area contributed by atoms with Crippen LogP contribution in [0.4, 0.5) is 0 Å². The van der Waals surface area contributed by atoms with E-state index < -0.39 is 0 Å². The predicted octanol–water partition coefficient (Wildman–Crippen LogP) is 1.50. The van der Waals surface area contributed by atoms with Gasteiger partial charge in [0.15, 0.2) is 0 Å². The van der Waals surface area contributed by atoms with Crippen molar-refractivity contribution in [3.05, 3.63) is 23.8 Å². The van der Waals surface area contributed by atoms with Gasteiger partial charge in [-0.3, -0.25) is 0 Å². The van der Waals surface area contributed by atoms with Gasteiger partial charge >= 0.3 is 0 Å². The zero-order valence-corrected chi connectivity index (χ0v) is 5.83. The largest absolute Gasteiger partial charge is 0.385 e. The fourth-order valence-corrected chi connectivity index (χ4v) is 0.903. The standard InChI is InChI=1S/C8H12O/c1-6(2)7-3-4-8(9)5-7/h3-6,8-9H,1-2H3. The van der Waals surface area contributed by atoms with Gasteiger partial charge in [-0.25, -0.2) is 0 Å². The van der Waals surface area contributed by atoms with Crippen LogP contribution in [0.15, 0.2) is 23.8 Å². The van der Waals surface area contributed by atoms with Crippen molar-refractivity contribution in [3.63, 3.8) is 0 Å². The molecule has 0 heterocycles. The molecule has 0 saturated heterocycles. The molecule has 50 valence electrons. The highest BCUT2D eigenvalue weighted by Gasteiger charge is 2.07. The van der Waals surface area contributed by atoms with E-state index in [4.69, 9.17) is 5.11 Å². The molecule has 0 fully saturated rings. The van der Waals surface area contributed by atoms with Crippen LogP contribution >= 0.6 is 0 Å². The van der Waals surface area contributed by atoms with Gasteiger partial charge in [-0.2, -0.15) is 0 Å². The lowest BCUT2D eigenvalue weighted by atomic mass is 10.1. The summed E-state index contributed by atoms with van der Waals surface area (Å²) in [6.45, 7) is 4.24. The van der Waals surface area contributed by atoms with Crippen LogP contribution in [0, 0.1) is 5.92 Å². The number of hydrogen-bond donors (Lipinski definition) is 1. The molecule has 0 radical (unpaired) electrons. The molecule has 1 atom stereocenters. The molecule has 1 N–H and O–H groups in total. The lowest BCUT2D eigenvalue weighted by Gasteiger charge is -2.00. The van der Waals surface area contributed by atoms with E-state index in [1.165, 1.54) is 5.57 Å². The second kappa shape index (κ2) is 2.36. The highest BCUT2D eigenvalue weighted by atomic mass is 16.3. The van der Waals surface area contributed by atoms with Crippen molar-refractivity contribution in [2.75, 3.05) is 0 Å². The minimum atomic E-state index is -0.331. The zero-order chi connectivity index (χ0) is 6.85. The molecule has 1 unspecified atom stereocenters. The summed E-state index contributed by atoms with van der Waals surface area (Å²) in [4.78, 5) is 0. The Morgan fingerprint density at radius 3 is 2.44 bits per heavy atom. The SMILES string of the molecule is CC(C)C1=CC(O)C=C1. The van der Waals surface area contributed by atoms with Crippen molar-refractivity contribution >= 4 is 0 Å². The molecule has 1 aliphatic carbocycles. The number of hydrogen-bond acceptors (Lipinski definition) is 1. The summed E-state index contributed by atoms with van der Waals surface area (Å²) >= 11 is 0. The number of allylic oxidation sites excluding steroid dienone is 2. The minimum absolute atomic E-state index is 0.331. The molecule has 0 aromatic rings. The van der Waals surface area contributed by atoms with Crippen LogP contribution < -0.4 is 0 Å². The summed E-state index contributed by atoms with van der Waals surface area (Å²) in [5.41, 5.74) is 1.24. The van der Waals surface area contributed by atoms with E-state index in [2.05, 4.69) is 13.8 Å². The molecule has 1 aliphatic rings. The quantitative estimate of drug-likeness (QED) is 0.561. The van der Waals surface area contributed by atoms with Crippen LogP contribution in [0.2, 0.25) is 0 Å². The minimum Gasteiger partial charge on any atom is -0.385 e. The Bertz CT molecular complexity index is 154. The lowest BCUT2D eigenvalue weighted by Crippen LogP contribution is -1.93. The molecule has 1 heteroatoms. The van der Waals surface area contributed by atoms with Crippen LogP contribution in [0.25, 0.3) is 0 Å². The molecule has 1 rings (SSSR count). The summed E-state index contributed by atoms with van der Waals surface area (Å²) in [6.07, 6.45) is 5.33. The maximum absolute atomic E-state index is 8.99. The van der Waals surface area contributed by atoms with Crippen molar-refractivity contribution in [2.24, 2.45) is 5.92 Å². The smallest absolute Gasteiger partial charge is 0.0911 e. The van der Waals surface area contributed by atoms with Gasteiger partial charge in [0.25, 0.3) is 0 Å². The molecule has 0 spiro atoms. The summed E-state index contributed by atoms with van der Waals surface area (Å²) in [6, 6.07) is 0. The second-order valence-corrected chi connectivity index (χ2v) is 2.67. The normalized spacial score (nSPS) is 25.3. The van der Waals surface area contributed by atoms with Gasteiger partial charge in [0.05, 0.1) is 6.10 Å². The van der Waals surface area contributed by atoms with Crippen LogP contribution in [-0.2, 0) is 0 Å². The lowest BCUT2D eigenvalue weighted by molar-refractivity contribution is 0.273. The first-order chi connectivity index (χ1) is 4.20. The van der Waals surface area contributed by atoms with Gasteiger partial charge in [-0.15, -0.1) is 0 Å². The van der Waals surface area contributed by atoms with Crippen LogP contribution in [-0.4, -0.2) is 11.2 Å². The zero-order valence-electron chi connectivity index (χ0n) is 5.83. The topological polar surface area (TPSA) is 20.2 Å². The van der Waals surface area contributed by atoms with E-state index in [0.717, 1.165) is 0 Å². The molecular formula is C8H12O. The molecule has 0 saturated carbocycles. The Labute approximate surface area is 55.7 Å². The third-order valence-electron chi connectivity index (χ3n) is 1.52. The molecule has 0 aromatic heterocycles. The monoisotopic (exact) mass is 124 g/mol. The molecule has 0 aromatic carbocycles. The van der Waals surface area contributed by atoms with Crippen LogP contribution in [0.3, 0.4) is 0 Å². The number of rotatable bonds is 1. The van der Waals surface area contributed by atoms with Gasteiger partial charge in [-0.1, -0.05) is 26.0 Å². The highest BCUT2D eigenvalue weighted by Crippen LogP contribution is 2.17. The van der Waals surface area contributed by atoms with Crippen LogP contribution in [0.1, 0.15) is 13.8 Å². The van der Waals surface area contributed by atoms with Crippen molar-refractivity contribution in [1.82, 2.24) is 0 Å². The first kappa shape index (κ1) is 6.56. The Hall–Kier alpha value is -0.560. The first-order valence-electron chi connectivity index (χ1n) is 3.28. The number of aliphatic hydroxyl groups excluding tert-OH is 1. The van der Waals surface area contributed by atoms with Gasteiger partial charge in [0.2, 0.25) is 0 Å². The summed E-state index contributed by atoms with van der Waals surface area (Å²) in [5.74, 6) is 0.540. The fourth-order valence-electron chi connectivity index (χ4n) is 0.903. The summed E-state index contributed by atoms with van der Waals surface area (Å²) in [7, 11) is 0. The first-order valence-corrected chi connectivity index (χ1v) is 3.28. The molecule has 0 aliphatic heterocycles. The molecular weight excluding hydrogens is 112 g/mol. The van der Waals surface area contributed by atoms with E-state index in [1.54, 1.807) is 6.08 Å². The molecule has 1 nitrogen and oxygen atoms in total. The van der Waals surface area contributed by atoms with Gasteiger partial charge in [0.1, 0.15) is 0 Å². The summed E-state index contributed by atoms with van der Waals surface area (Å²) < 4.78 is 0. The van der Waals surface area contributed by atoms with Crippen molar-refractivity contribution in [3.8, 4) is 0 Å². The summed E-state index contributed by atoms with van der Waals surface area (Å²) in [5, 5.41) is 8.99. The Morgan fingerprint density at radius 2 is 2.22 bits per heavy atom. The average molecular weight is 124 g/mol. The van der Waals surface area contributed by atoms with E-state index >= 15 is 0 Å². The maximum Gasteiger partial charge on any atom is 0.0911 e. The highest BCUT2D eigenvalue weighted by molar-refractivity contribution is 5.31. The Balaban J connectivity index is 2.64. The average Bonchev–Trinajstić information content (AvgIpc) is 2.14. The predicted molar refractivity (Wildman–Crippen MR) is 38.1 cm³/mol. The molecule has 0 amide bonds. The van der Waals surface area contributed by atoms with E-state index in [9.17, 15) is 0 Å². The van der Waals surface area contributed by atoms with E-state index in [1.807, 2.05) is 12.2 Å².